The van der Waals surface area contributed by atoms with Crippen LogP contribution in [0.1, 0.15) is 57.9 Å². The van der Waals surface area contributed by atoms with Gasteiger partial charge in [0.05, 0.1) is 0 Å². The number of unbranched alkanes of at least 4 members (excludes halogenated alkanes) is 1. The fourth-order valence-electron chi connectivity index (χ4n) is 2.18. The van der Waals surface area contributed by atoms with Crippen LogP contribution in [0.25, 0.3) is 0 Å². The van der Waals surface area contributed by atoms with Gasteiger partial charge in [-0.25, -0.2) is 0 Å². The molecular weight excluding hydrogens is 208 g/mol. The maximum atomic E-state index is 4.09. The number of pyridine rings is 1. The van der Waals surface area contributed by atoms with Gasteiger partial charge in [0.25, 0.3) is 0 Å². The molecule has 2 atom stereocenters. The van der Waals surface area contributed by atoms with E-state index in [9.17, 15) is 0 Å². The van der Waals surface area contributed by atoms with E-state index in [1.165, 1.54) is 31.2 Å². The third kappa shape index (κ3) is 4.86. The van der Waals surface area contributed by atoms with Crippen LogP contribution in [-0.4, -0.2) is 17.6 Å². The molecule has 1 heterocycles. The van der Waals surface area contributed by atoms with Crippen molar-refractivity contribution in [3.63, 3.8) is 0 Å². The molecule has 2 nitrogen and oxygen atoms in total. The molecule has 0 aliphatic carbocycles. The lowest BCUT2D eigenvalue weighted by Gasteiger charge is -2.25. The topological polar surface area (TPSA) is 24.9 Å². The summed E-state index contributed by atoms with van der Waals surface area (Å²) in [5, 5.41) is 3.68. The lowest BCUT2D eigenvalue weighted by atomic mass is 9.90. The Hall–Kier alpha value is -0.890. The molecule has 0 radical (unpaired) electrons. The Kier molecular flexibility index (Phi) is 6.87. The van der Waals surface area contributed by atoms with Gasteiger partial charge in [-0.2, -0.15) is 0 Å². The largest absolute Gasteiger partial charge is 0.313 e. The Labute approximate surface area is 106 Å². The van der Waals surface area contributed by atoms with Gasteiger partial charge in [-0.05, 0) is 43.0 Å². The summed E-state index contributed by atoms with van der Waals surface area (Å²) in [6, 6.07) is 4.87. The average Bonchev–Trinajstić information content (AvgIpc) is 2.39. The van der Waals surface area contributed by atoms with Crippen molar-refractivity contribution in [1.29, 1.82) is 0 Å². The van der Waals surface area contributed by atoms with Crippen molar-refractivity contribution < 1.29 is 0 Å². The predicted octanol–water partition coefficient (Wildman–Crippen LogP) is 3.74. The summed E-state index contributed by atoms with van der Waals surface area (Å²) in [6.07, 6.45) is 8.82. The molecule has 96 valence electrons. The minimum Gasteiger partial charge on any atom is -0.313 e. The highest BCUT2D eigenvalue weighted by Crippen LogP contribution is 2.22. The van der Waals surface area contributed by atoms with Crippen molar-refractivity contribution in [3.8, 4) is 0 Å². The van der Waals surface area contributed by atoms with Gasteiger partial charge in [-0.1, -0.05) is 33.6 Å². The molecule has 2 unspecified atom stereocenters. The molecule has 1 aromatic heterocycles. The molecule has 1 N–H and O–H groups in total. The SMILES string of the molecule is CCCCC(NCCC)C(C)c1ccncc1. The van der Waals surface area contributed by atoms with Crippen LogP contribution in [0.4, 0.5) is 0 Å². The van der Waals surface area contributed by atoms with Gasteiger partial charge >= 0.3 is 0 Å². The van der Waals surface area contributed by atoms with Crippen LogP contribution in [0.15, 0.2) is 24.5 Å². The average molecular weight is 234 g/mol. The predicted molar refractivity (Wildman–Crippen MR) is 74.3 cm³/mol. The molecule has 0 spiro atoms. The quantitative estimate of drug-likeness (QED) is 0.741. The molecule has 1 aromatic rings. The summed E-state index contributed by atoms with van der Waals surface area (Å²) >= 11 is 0. The molecule has 0 aliphatic rings. The zero-order valence-corrected chi connectivity index (χ0v) is 11.4. The van der Waals surface area contributed by atoms with Gasteiger partial charge < -0.3 is 5.32 Å². The molecule has 2 heteroatoms. The van der Waals surface area contributed by atoms with Gasteiger partial charge in [0.15, 0.2) is 0 Å². The monoisotopic (exact) mass is 234 g/mol. The molecule has 0 bridgehead atoms. The Morgan fingerprint density at radius 1 is 1.18 bits per heavy atom. The van der Waals surface area contributed by atoms with Crippen molar-refractivity contribution in [2.24, 2.45) is 0 Å². The molecule has 0 saturated heterocycles. The summed E-state index contributed by atoms with van der Waals surface area (Å²) in [4.78, 5) is 4.09. The van der Waals surface area contributed by atoms with Gasteiger partial charge in [0, 0.05) is 18.4 Å². The summed E-state index contributed by atoms with van der Waals surface area (Å²) in [5.41, 5.74) is 1.39. The molecule has 0 saturated carbocycles. The van der Waals surface area contributed by atoms with Gasteiger partial charge in [-0.15, -0.1) is 0 Å². The number of nitrogens with one attached hydrogen (secondary N) is 1. The van der Waals surface area contributed by atoms with Crippen LogP contribution in [0.2, 0.25) is 0 Å². The van der Waals surface area contributed by atoms with Crippen molar-refractivity contribution in [2.45, 2.75) is 58.4 Å². The highest BCUT2D eigenvalue weighted by Gasteiger charge is 2.17. The van der Waals surface area contributed by atoms with E-state index >= 15 is 0 Å². The number of aromatic nitrogens is 1. The number of hydrogen-bond donors (Lipinski definition) is 1. The van der Waals surface area contributed by atoms with Crippen molar-refractivity contribution in [1.82, 2.24) is 10.3 Å². The molecule has 0 amide bonds. The summed E-state index contributed by atoms with van der Waals surface area (Å²) in [6.45, 7) is 7.91. The van der Waals surface area contributed by atoms with Crippen LogP contribution in [-0.2, 0) is 0 Å². The van der Waals surface area contributed by atoms with Crippen molar-refractivity contribution in [2.75, 3.05) is 6.54 Å². The first-order valence-electron chi connectivity index (χ1n) is 6.92. The lowest BCUT2D eigenvalue weighted by Crippen LogP contribution is -2.34. The Morgan fingerprint density at radius 3 is 2.47 bits per heavy atom. The van der Waals surface area contributed by atoms with Gasteiger partial charge in [-0.3, -0.25) is 4.98 Å². The van der Waals surface area contributed by atoms with Gasteiger partial charge in [0.2, 0.25) is 0 Å². The second kappa shape index (κ2) is 8.24. The minimum absolute atomic E-state index is 0.566. The molecule has 0 aliphatic heterocycles. The van der Waals surface area contributed by atoms with E-state index in [0.29, 0.717) is 12.0 Å². The van der Waals surface area contributed by atoms with Crippen LogP contribution >= 0.6 is 0 Å². The maximum absolute atomic E-state index is 4.09. The maximum Gasteiger partial charge on any atom is 0.0270 e. The molecule has 17 heavy (non-hydrogen) atoms. The number of rotatable bonds is 8. The van der Waals surface area contributed by atoms with Gasteiger partial charge in [0.1, 0.15) is 0 Å². The fraction of sp³-hybridized carbons (Fsp3) is 0.667. The summed E-state index contributed by atoms with van der Waals surface area (Å²) < 4.78 is 0. The fourth-order valence-corrected chi connectivity index (χ4v) is 2.18. The summed E-state index contributed by atoms with van der Waals surface area (Å²) in [5.74, 6) is 0.566. The van der Waals surface area contributed by atoms with E-state index in [1.807, 2.05) is 12.4 Å². The first-order valence-corrected chi connectivity index (χ1v) is 6.92. The zero-order valence-electron chi connectivity index (χ0n) is 11.4. The third-order valence-electron chi connectivity index (χ3n) is 3.36. The van der Waals surface area contributed by atoms with Crippen LogP contribution in [0, 0.1) is 0 Å². The van der Waals surface area contributed by atoms with Crippen molar-refractivity contribution >= 4 is 0 Å². The van der Waals surface area contributed by atoms with Crippen molar-refractivity contribution in [3.05, 3.63) is 30.1 Å². The van der Waals surface area contributed by atoms with Crippen LogP contribution < -0.4 is 5.32 Å². The Bertz CT molecular complexity index is 276. The summed E-state index contributed by atoms with van der Waals surface area (Å²) in [7, 11) is 0. The van der Waals surface area contributed by atoms with E-state index in [0.717, 1.165) is 6.54 Å². The van der Waals surface area contributed by atoms with E-state index in [2.05, 4.69) is 43.2 Å². The normalized spacial score (nSPS) is 14.5. The molecule has 0 fully saturated rings. The van der Waals surface area contributed by atoms with E-state index in [1.54, 1.807) is 0 Å². The number of nitrogens with zero attached hydrogens (tertiary/aromatic N) is 1. The molecule has 1 rings (SSSR count). The minimum atomic E-state index is 0.566. The zero-order chi connectivity index (χ0) is 12.5. The number of hydrogen-bond acceptors (Lipinski definition) is 2. The molecule has 0 aromatic carbocycles. The standard InChI is InChI=1S/C15H26N2/c1-4-6-7-15(17-10-5-2)13(3)14-8-11-16-12-9-14/h8-9,11-13,15,17H,4-7,10H2,1-3H3. The van der Waals surface area contributed by atoms with E-state index in [-0.39, 0.29) is 0 Å². The second-order valence-electron chi connectivity index (χ2n) is 4.77. The van der Waals surface area contributed by atoms with E-state index in [4.69, 9.17) is 0 Å². The van der Waals surface area contributed by atoms with E-state index < -0.39 is 0 Å². The van der Waals surface area contributed by atoms with Crippen LogP contribution in [0.3, 0.4) is 0 Å². The molecular formula is C15H26N2. The highest BCUT2D eigenvalue weighted by atomic mass is 14.9. The Morgan fingerprint density at radius 2 is 1.88 bits per heavy atom. The Balaban J connectivity index is 2.61. The lowest BCUT2D eigenvalue weighted by molar-refractivity contribution is 0.412. The van der Waals surface area contributed by atoms with Crippen LogP contribution in [0.5, 0.6) is 0 Å². The first kappa shape index (κ1) is 14.2. The first-order chi connectivity index (χ1) is 8.29. The second-order valence-corrected chi connectivity index (χ2v) is 4.77. The third-order valence-corrected chi connectivity index (χ3v) is 3.36. The highest BCUT2D eigenvalue weighted by molar-refractivity contribution is 5.17. The smallest absolute Gasteiger partial charge is 0.0270 e.